The van der Waals surface area contributed by atoms with E-state index in [1.807, 2.05) is 22.9 Å². The maximum atomic E-state index is 12.7. The Bertz CT molecular complexity index is 826. The topological polar surface area (TPSA) is 76.5 Å². The van der Waals surface area contributed by atoms with E-state index in [1.165, 1.54) is 10.5 Å². The zero-order valence-corrected chi connectivity index (χ0v) is 16.9. The molecule has 0 saturated carbocycles. The molecule has 1 aromatic carbocycles. The molecule has 3 rings (SSSR count). The maximum Gasteiger partial charge on any atom is 0.410 e. The van der Waals surface area contributed by atoms with E-state index in [1.54, 1.807) is 40.3 Å². The zero-order valence-electron chi connectivity index (χ0n) is 16.9. The number of ether oxygens (including phenoxy) is 1. The average Bonchev–Trinajstić information content (AvgIpc) is 3.15. The number of rotatable bonds is 4. The molecule has 1 aliphatic carbocycles. The molecule has 0 saturated heterocycles. The highest BCUT2D eigenvalue weighted by atomic mass is 16.6. The number of nitrogens with zero attached hydrogens (tertiary/aromatic N) is 3. The second-order valence-corrected chi connectivity index (χ2v) is 8.20. The molecule has 1 aromatic heterocycles. The number of carbonyl (C=O) groups is 2. The number of amides is 2. The number of hydrogen-bond donors (Lipinski definition) is 1. The highest BCUT2D eigenvalue weighted by Gasteiger charge is 2.32. The van der Waals surface area contributed by atoms with E-state index in [4.69, 9.17) is 4.74 Å². The van der Waals surface area contributed by atoms with E-state index >= 15 is 0 Å². The lowest BCUT2D eigenvalue weighted by Gasteiger charge is -2.35. The van der Waals surface area contributed by atoms with Gasteiger partial charge in [-0.25, -0.2) is 9.78 Å². The Hall–Kier alpha value is -2.83. The minimum atomic E-state index is -0.601. The summed E-state index contributed by atoms with van der Waals surface area (Å²) in [6.07, 6.45) is 6.78. The van der Waals surface area contributed by atoms with E-state index in [0.29, 0.717) is 0 Å². The molecule has 0 bridgehead atoms. The normalized spacial score (nSPS) is 18.9. The summed E-state index contributed by atoms with van der Waals surface area (Å²) in [5.74, 6) is -0.222. The molecule has 0 aliphatic heterocycles. The maximum absolute atomic E-state index is 12.7. The summed E-state index contributed by atoms with van der Waals surface area (Å²) in [5, 5.41) is 3.13. The standard InChI is InChI=1S/C21H28N4O3/c1-21(2,3)28-20(27)24(4)13-18(26)23-19-16-8-6-5-7-15(16)9-10-17(19)25-12-11-22-14-25/h5-8,11-12,14,17,19H,9-10,13H2,1-4H3,(H,23,26). The van der Waals surface area contributed by atoms with Crippen LogP contribution in [0, 0.1) is 0 Å². The van der Waals surface area contributed by atoms with E-state index in [9.17, 15) is 9.59 Å². The summed E-state index contributed by atoms with van der Waals surface area (Å²) in [6, 6.07) is 8.06. The van der Waals surface area contributed by atoms with Crippen molar-refractivity contribution in [2.24, 2.45) is 0 Å². The van der Waals surface area contributed by atoms with Crippen LogP contribution in [0.1, 0.15) is 50.4 Å². The van der Waals surface area contributed by atoms with Crippen LogP contribution in [0.4, 0.5) is 4.79 Å². The average molecular weight is 384 g/mol. The van der Waals surface area contributed by atoms with Crippen LogP contribution in [-0.4, -0.2) is 45.6 Å². The SMILES string of the molecule is CN(CC(=O)NC1c2ccccc2CCC1n1ccnc1)C(=O)OC(C)(C)C. The van der Waals surface area contributed by atoms with Crippen LogP contribution in [0.15, 0.2) is 43.0 Å². The summed E-state index contributed by atoms with van der Waals surface area (Å²) in [7, 11) is 1.57. The second-order valence-electron chi connectivity index (χ2n) is 8.20. The van der Waals surface area contributed by atoms with Crippen LogP contribution in [0.3, 0.4) is 0 Å². The second kappa shape index (κ2) is 8.04. The van der Waals surface area contributed by atoms with E-state index in [0.717, 1.165) is 18.4 Å². The van der Waals surface area contributed by atoms with Gasteiger partial charge in [-0.2, -0.15) is 0 Å². The van der Waals surface area contributed by atoms with E-state index in [2.05, 4.69) is 22.4 Å². The Morgan fingerprint density at radius 3 is 2.75 bits per heavy atom. The third-order valence-corrected chi connectivity index (χ3v) is 4.79. The minimum Gasteiger partial charge on any atom is -0.444 e. The number of likely N-dealkylation sites (N-methyl/N-ethyl adjacent to an activating group) is 1. The molecule has 7 nitrogen and oxygen atoms in total. The minimum absolute atomic E-state index is 0.0652. The van der Waals surface area contributed by atoms with Gasteiger partial charge in [0.05, 0.1) is 18.4 Å². The Balaban J connectivity index is 1.74. The van der Waals surface area contributed by atoms with Crippen molar-refractivity contribution in [2.45, 2.75) is 51.3 Å². The van der Waals surface area contributed by atoms with Gasteiger partial charge in [0.25, 0.3) is 0 Å². The van der Waals surface area contributed by atoms with Gasteiger partial charge >= 0.3 is 6.09 Å². The van der Waals surface area contributed by atoms with Crippen molar-refractivity contribution >= 4 is 12.0 Å². The first-order valence-corrected chi connectivity index (χ1v) is 9.53. The fourth-order valence-corrected chi connectivity index (χ4v) is 3.54. The number of hydrogen-bond acceptors (Lipinski definition) is 4. The van der Waals surface area contributed by atoms with Crippen LogP contribution in [0.25, 0.3) is 0 Å². The van der Waals surface area contributed by atoms with Crippen LogP contribution in [0.5, 0.6) is 0 Å². The van der Waals surface area contributed by atoms with Gasteiger partial charge in [-0.05, 0) is 44.7 Å². The number of imidazole rings is 1. The number of benzene rings is 1. The molecule has 0 radical (unpaired) electrons. The van der Waals surface area contributed by atoms with Gasteiger partial charge < -0.3 is 19.5 Å². The number of carbonyl (C=O) groups excluding carboxylic acids is 2. The Morgan fingerprint density at radius 2 is 2.07 bits per heavy atom. The molecule has 1 heterocycles. The fraction of sp³-hybridized carbons (Fsp3) is 0.476. The first-order valence-electron chi connectivity index (χ1n) is 9.53. The summed E-state index contributed by atoms with van der Waals surface area (Å²) in [6.45, 7) is 5.33. The number of fused-ring (bicyclic) bond motifs is 1. The monoisotopic (exact) mass is 384 g/mol. The Morgan fingerprint density at radius 1 is 1.32 bits per heavy atom. The summed E-state index contributed by atoms with van der Waals surface area (Å²) < 4.78 is 7.36. The van der Waals surface area contributed by atoms with Gasteiger partial charge in [-0.1, -0.05) is 24.3 Å². The molecular weight excluding hydrogens is 356 g/mol. The predicted octanol–water partition coefficient (Wildman–Crippen LogP) is 3.09. The van der Waals surface area contributed by atoms with Gasteiger partial charge in [-0.3, -0.25) is 4.79 Å². The van der Waals surface area contributed by atoms with Gasteiger partial charge in [0, 0.05) is 19.4 Å². The van der Waals surface area contributed by atoms with Crippen molar-refractivity contribution in [1.82, 2.24) is 19.8 Å². The molecule has 7 heteroatoms. The third-order valence-electron chi connectivity index (χ3n) is 4.79. The van der Waals surface area contributed by atoms with Crippen molar-refractivity contribution in [3.05, 3.63) is 54.1 Å². The quantitative estimate of drug-likeness (QED) is 0.879. The summed E-state index contributed by atoms with van der Waals surface area (Å²) >= 11 is 0. The first kappa shape index (κ1) is 19.9. The van der Waals surface area contributed by atoms with Gasteiger partial charge in [-0.15, -0.1) is 0 Å². The Kier molecular flexibility index (Phi) is 5.72. The molecule has 2 aromatic rings. The highest BCUT2D eigenvalue weighted by Crippen LogP contribution is 2.37. The molecule has 1 aliphatic rings. The van der Waals surface area contributed by atoms with E-state index in [-0.39, 0.29) is 24.5 Å². The van der Waals surface area contributed by atoms with Crippen LogP contribution >= 0.6 is 0 Å². The molecule has 150 valence electrons. The van der Waals surface area contributed by atoms with Gasteiger partial charge in [0.1, 0.15) is 12.1 Å². The molecule has 1 N–H and O–H groups in total. The third kappa shape index (κ3) is 4.71. The van der Waals surface area contributed by atoms with Crippen LogP contribution in [-0.2, 0) is 16.0 Å². The largest absolute Gasteiger partial charge is 0.444 e. The number of aryl methyl sites for hydroxylation is 1. The summed E-state index contributed by atoms with van der Waals surface area (Å²) in [4.78, 5) is 30.3. The lowest BCUT2D eigenvalue weighted by molar-refractivity contribution is -0.123. The van der Waals surface area contributed by atoms with Crippen LogP contribution < -0.4 is 5.32 Å². The predicted molar refractivity (Wildman–Crippen MR) is 106 cm³/mol. The summed E-state index contributed by atoms with van der Waals surface area (Å²) in [5.41, 5.74) is 1.75. The number of nitrogens with one attached hydrogen (secondary N) is 1. The highest BCUT2D eigenvalue weighted by molar-refractivity contribution is 5.82. The van der Waals surface area contributed by atoms with Crippen molar-refractivity contribution in [1.29, 1.82) is 0 Å². The van der Waals surface area contributed by atoms with Crippen molar-refractivity contribution in [3.63, 3.8) is 0 Å². The molecule has 2 atom stereocenters. The smallest absolute Gasteiger partial charge is 0.410 e. The van der Waals surface area contributed by atoms with Crippen molar-refractivity contribution in [2.75, 3.05) is 13.6 Å². The molecule has 28 heavy (non-hydrogen) atoms. The zero-order chi connectivity index (χ0) is 20.3. The molecule has 2 unspecified atom stereocenters. The lowest BCUT2D eigenvalue weighted by atomic mass is 9.84. The van der Waals surface area contributed by atoms with Crippen molar-refractivity contribution in [3.8, 4) is 0 Å². The molecule has 0 fully saturated rings. The van der Waals surface area contributed by atoms with E-state index < -0.39 is 11.7 Å². The van der Waals surface area contributed by atoms with Crippen LogP contribution in [0.2, 0.25) is 0 Å². The fourth-order valence-electron chi connectivity index (χ4n) is 3.54. The lowest BCUT2D eigenvalue weighted by Crippen LogP contribution is -2.44. The first-order chi connectivity index (χ1) is 13.2. The van der Waals surface area contributed by atoms with Crippen molar-refractivity contribution < 1.29 is 14.3 Å². The van der Waals surface area contributed by atoms with Gasteiger partial charge in [0.15, 0.2) is 0 Å². The number of aromatic nitrogens is 2. The van der Waals surface area contributed by atoms with Gasteiger partial charge in [0.2, 0.25) is 5.91 Å². The molecule has 2 amide bonds. The molecular formula is C21H28N4O3. The molecule has 0 spiro atoms. The Labute approximate surface area is 165 Å².